The Labute approximate surface area is 115 Å². The quantitative estimate of drug-likeness (QED) is 0.793. The summed E-state index contributed by atoms with van der Waals surface area (Å²) >= 11 is 1.70. The van der Waals surface area contributed by atoms with Gasteiger partial charge in [-0.1, -0.05) is 12.1 Å². The molecular formula is C14H14N4S. The Balaban J connectivity index is 2.15. The highest BCUT2D eigenvalue weighted by Crippen LogP contribution is 2.33. The van der Waals surface area contributed by atoms with Crippen LogP contribution in [0.25, 0.3) is 21.8 Å². The zero-order valence-corrected chi connectivity index (χ0v) is 11.2. The molecule has 0 aliphatic heterocycles. The lowest BCUT2D eigenvalue weighted by atomic mass is 10.1. The van der Waals surface area contributed by atoms with Crippen molar-refractivity contribution in [1.29, 1.82) is 0 Å². The van der Waals surface area contributed by atoms with Gasteiger partial charge in [0.1, 0.15) is 0 Å². The van der Waals surface area contributed by atoms with Crippen LogP contribution in [-0.4, -0.2) is 21.3 Å². The lowest BCUT2D eigenvalue weighted by molar-refractivity contribution is 0.632. The zero-order chi connectivity index (χ0) is 13.1. The second kappa shape index (κ2) is 5.34. The first-order chi connectivity index (χ1) is 9.40. The molecule has 3 aromatic heterocycles. The van der Waals surface area contributed by atoms with Crippen LogP contribution in [0.2, 0.25) is 0 Å². The fraction of sp³-hybridized carbons (Fsp3) is 0.143. The fourth-order valence-corrected chi connectivity index (χ4v) is 2.85. The maximum Gasteiger partial charge on any atom is 0.0876 e. The van der Waals surface area contributed by atoms with Crippen molar-refractivity contribution >= 4 is 11.3 Å². The Morgan fingerprint density at radius 2 is 2.16 bits per heavy atom. The molecule has 96 valence electrons. The van der Waals surface area contributed by atoms with Gasteiger partial charge in [0.05, 0.1) is 29.0 Å². The van der Waals surface area contributed by atoms with Gasteiger partial charge in [-0.15, -0.1) is 11.3 Å². The average Bonchev–Trinajstić information content (AvgIpc) is 3.08. The third-order valence-corrected chi connectivity index (χ3v) is 3.75. The summed E-state index contributed by atoms with van der Waals surface area (Å²) in [5.41, 5.74) is 8.75. The summed E-state index contributed by atoms with van der Waals surface area (Å²) in [6, 6.07) is 10.0. The maximum absolute atomic E-state index is 5.66. The van der Waals surface area contributed by atoms with E-state index in [-0.39, 0.29) is 0 Å². The molecule has 0 fully saturated rings. The van der Waals surface area contributed by atoms with Crippen LogP contribution in [0.5, 0.6) is 0 Å². The number of aromatic nitrogens is 3. The molecule has 0 saturated heterocycles. The molecule has 0 amide bonds. The molecule has 0 atom stereocenters. The second-order valence-corrected chi connectivity index (χ2v) is 5.06. The fourth-order valence-electron chi connectivity index (χ4n) is 2.06. The molecule has 3 rings (SSSR count). The number of thiophene rings is 1. The first-order valence-electron chi connectivity index (χ1n) is 6.11. The van der Waals surface area contributed by atoms with E-state index < -0.39 is 0 Å². The molecule has 0 aliphatic rings. The topological polar surface area (TPSA) is 56.7 Å². The van der Waals surface area contributed by atoms with E-state index in [4.69, 9.17) is 5.73 Å². The summed E-state index contributed by atoms with van der Waals surface area (Å²) in [5.74, 6) is 0. The standard InChI is InChI=1S/C14H14N4S/c15-6-8-18-14(13-5-3-9-19-13)11(10-17-18)12-4-1-2-7-16-12/h1-5,7,9-10H,6,8,15H2. The van der Waals surface area contributed by atoms with E-state index >= 15 is 0 Å². The first kappa shape index (κ1) is 12.1. The molecule has 0 saturated carbocycles. The Bertz CT molecular complexity index is 643. The average molecular weight is 270 g/mol. The van der Waals surface area contributed by atoms with Gasteiger partial charge in [-0.3, -0.25) is 9.67 Å². The minimum Gasteiger partial charge on any atom is -0.329 e. The number of nitrogens with zero attached hydrogens (tertiary/aromatic N) is 3. The lowest BCUT2D eigenvalue weighted by Gasteiger charge is -2.06. The van der Waals surface area contributed by atoms with Crippen molar-refractivity contribution < 1.29 is 0 Å². The Morgan fingerprint density at radius 3 is 2.84 bits per heavy atom. The van der Waals surface area contributed by atoms with Gasteiger partial charge < -0.3 is 5.73 Å². The van der Waals surface area contributed by atoms with Crippen LogP contribution in [0.1, 0.15) is 0 Å². The molecule has 0 radical (unpaired) electrons. The smallest absolute Gasteiger partial charge is 0.0876 e. The zero-order valence-electron chi connectivity index (χ0n) is 10.4. The van der Waals surface area contributed by atoms with Gasteiger partial charge in [0, 0.05) is 18.3 Å². The molecule has 0 unspecified atom stereocenters. The van der Waals surface area contributed by atoms with E-state index in [0.717, 1.165) is 17.0 Å². The highest BCUT2D eigenvalue weighted by atomic mass is 32.1. The molecule has 4 nitrogen and oxygen atoms in total. The Hall–Kier alpha value is -1.98. The predicted molar refractivity (Wildman–Crippen MR) is 77.8 cm³/mol. The number of nitrogens with two attached hydrogens (primary N) is 1. The van der Waals surface area contributed by atoms with Crippen LogP contribution in [0, 0.1) is 0 Å². The van der Waals surface area contributed by atoms with E-state index in [1.165, 1.54) is 4.88 Å². The molecule has 0 aliphatic carbocycles. The monoisotopic (exact) mass is 270 g/mol. The number of rotatable bonds is 4. The predicted octanol–water partition coefficient (Wildman–Crippen LogP) is 2.63. The van der Waals surface area contributed by atoms with Crippen LogP contribution in [0.4, 0.5) is 0 Å². The van der Waals surface area contributed by atoms with E-state index in [0.29, 0.717) is 13.1 Å². The van der Waals surface area contributed by atoms with Crippen LogP contribution in [0.15, 0.2) is 48.1 Å². The number of hydrogen-bond donors (Lipinski definition) is 1. The van der Waals surface area contributed by atoms with Crippen molar-refractivity contribution in [1.82, 2.24) is 14.8 Å². The van der Waals surface area contributed by atoms with Gasteiger partial charge in [0.2, 0.25) is 0 Å². The summed E-state index contributed by atoms with van der Waals surface area (Å²) in [5, 5.41) is 6.51. The molecule has 19 heavy (non-hydrogen) atoms. The normalized spacial score (nSPS) is 10.8. The van der Waals surface area contributed by atoms with E-state index in [1.807, 2.05) is 35.1 Å². The van der Waals surface area contributed by atoms with Gasteiger partial charge in [0.15, 0.2) is 0 Å². The Morgan fingerprint density at radius 1 is 1.21 bits per heavy atom. The third kappa shape index (κ3) is 2.30. The van der Waals surface area contributed by atoms with E-state index in [2.05, 4.69) is 21.5 Å². The van der Waals surface area contributed by atoms with E-state index in [1.54, 1.807) is 17.5 Å². The molecule has 0 spiro atoms. The summed E-state index contributed by atoms with van der Waals surface area (Å²) in [6.45, 7) is 1.28. The molecule has 3 aromatic rings. The molecule has 2 N–H and O–H groups in total. The van der Waals surface area contributed by atoms with Crippen LogP contribution >= 0.6 is 11.3 Å². The highest BCUT2D eigenvalue weighted by Gasteiger charge is 2.15. The minimum absolute atomic E-state index is 0.571. The molecule has 0 bridgehead atoms. The van der Waals surface area contributed by atoms with Crippen molar-refractivity contribution in [3.63, 3.8) is 0 Å². The van der Waals surface area contributed by atoms with Gasteiger partial charge in [-0.25, -0.2) is 0 Å². The number of pyridine rings is 1. The summed E-state index contributed by atoms with van der Waals surface area (Å²) in [7, 11) is 0. The van der Waals surface area contributed by atoms with Gasteiger partial charge in [-0.2, -0.15) is 5.10 Å². The first-order valence-corrected chi connectivity index (χ1v) is 6.99. The van der Waals surface area contributed by atoms with Crippen molar-refractivity contribution in [3.8, 4) is 21.8 Å². The molecule has 3 heterocycles. The van der Waals surface area contributed by atoms with Crippen LogP contribution < -0.4 is 5.73 Å². The largest absolute Gasteiger partial charge is 0.329 e. The van der Waals surface area contributed by atoms with E-state index in [9.17, 15) is 0 Å². The van der Waals surface area contributed by atoms with Crippen LogP contribution in [-0.2, 0) is 6.54 Å². The number of hydrogen-bond acceptors (Lipinski definition) is 4. The minimum atomic E-state index is 0.571. The molecule has 5 heteroatoms. The van der Waals surface area contributed by atoms with Crippen molar-refractivity contribution in [3.05, 3.63) is 48.1 Å². The summed E-state index contributed by atoms with van der Waals surface area (Å²) < 4.78 is 1.95. The van der Waals surface area contributed by atoms with Crippen LogP contribution in [0.3, 0.4) is 0 Å². The Kier molecular flexibility index (Phi) is 3.39. The molecular weight excluding hydrogens is 256 g/mol. The van der Waals surface area contributed by atoms with Gasteiger partial charge in [0.25, 0.3) is 0 Å². The second-order valence-electron chi connectivity index (χ2n) is 4.11. The summed E-state index contributed by atoms with van der Waals surface area (Å²) in [4.78, 5) is 5.60. The van der Waals surface area contributed by atoms with Gasteiger partial charge >= 0.3 is 0 Å². The highest BCUT2D eigenvalue weighted by molar-refractivity contribution is 7.13. The third-order valence-electron chi connectivity index (χ3n) is 2.88. The lowest BCUT2D eigenvalue weighted by Crippen LogP contribution is -2.11. The van der Waals surface area contributed by atoms with Gasteiger partial charge in [-0.05, 0) is 23.6 Å². The van der Waals surface area contributed by atoms with Crippen molar-refractivity contribution in [2.24, 2.45) is 5.73 Å². The summed E-state index contributed by atoms with van der Waals surface area (Å²) in [6.07, 6.45) is 3.67. The van der Waals surface area contributed by atoms with Crippen molar-refractivity contribution in [2.45, 2.75) is 6.54 Å². The maximum atomic E-state index is 5.66. The van der Waals surface area contributed by atoms with Crippen molar-refractivity contribution in [2.75, 3.05) is 6.54 Å². The SMILES string of the molecule is NCCn1ncc(-c2ccccn2)c1-c1cccs1. The molecule has 0 aromatic carbocycles.